The van der Waals surface area contributed by atoms with Crippen LogP contribution in [0.3, 0.4) is 0 Å². The van der Waals surface area contributed by atoms with Crippen LogP contribution in [0.25, 0.3) is 0 Å². The maximum atomic E-state index is 11.3. The molecule has 0 fully saturated rings. The average molecular weight is 265 g/mol. The Balaban J connectivity index is 3.01. The number of benzene rings is 1. The highest BCUT2D eigenvalue weighted by molar-refractivity contribution is 5.92. The molecule has 0 aliphatic heterocycles. The minimum Gasteiger partial charge on any atom is -0.504 e. The van der Waals surface area contributed by atoms with Gasteiger partial charge in [0.2, 0.25) is 5.91 Å². The first-order valence-electron chi connectivity index (χ1n) is 5.47. The second kappa shape index (κ2) is 5.43. The second-order valence-corrected chi connectivity index (χ2v) is 4.33. The van der Waals surface area contributed by atoms with E-state index < -0.39 is 17.4 Å². The Bertz CT molecular complexity index is 526. The lowest BCUT2D eigenvalue weighted by Gasteiger charge is -2.25. The first kappa shape index (κ1) is 14.6. The molecule has 1 aromatic carbocycles. The molecule has 1 rings (SSSR count). The third-order valence-electron chi connectivity index (χ3n) is 2.65. The largest absolute Gasteiger partial charge is 0.504 e. The van der Waals surface area contributed by atoms with Crippen LogP contribution in [-0.4, -0.2) is 32.7 Å². The minimum atomic E-state index is -1.53. The molecule has 1 unspecified atom stereocenters. The van der Waals surface area contributed by atoms with Gasteiger partial charge in [0.1, 0.15) is 5.54 Å². The Hall–Kier alpha value is -2.50. The van der Waals surface area contributed by atoms with Gasteiger partial charge in [-0.15, -0.1) is 0 Å². The predicted molar refractivity (Wildman–Crippen MR) is 67.9 cm³/mol. The van der Waals surface area contributed by atoms with E-state index in [1.165, 1.54) is 25.1 Å². The first-order valence-corrected chi connectivity index (χ1v) is 5.47. The number of hydrogen-bond acceptors (Lipinski definition) is 4. The molecular weight excluding hydrogens is 250 g/mol. The van der Waals surface area contributed by atoms with Gasteiger partial charge in [-0.3, -0.25) is 4.79 Å². The molecule has 0 aliphatic carbocycles. The second-order valence-electron chi connectivity index (χ2n) is 4.33. The summed E-state index contributed by atoms with van der Waals surface area (Å²) in [6, 6.07) is 3.97. The molecule has 19 heavy (non-hydrogen) atoms. The molecule has 0 saturated carbocycles. The molecule has 0 aromatic heterocycles. The molecule has 1 amide bonds. The van der Waals surface area contributed by atoms with Crippen molar-refractivity contribution in [3.8, 4) is 11.5 Å². The summed E-state index contributed by atoms with van der Waals surface area (Å²) < 4.78 is 0. The molecule has 0 aliphatic rings. The van der Waals surface area contributed by atoms with Crippen LogP contribution >= 0.6 is 0 Å². The number of phenolic OH excluding ortho intramolecular Hbond substituents is 2. The maximum Gasteiger partial charge on any atom is 0.329 e. The number of rotatable bonds is 5. The predicted octanol–water partition coefficient (Wildman–Crippen LogP) is 0.786. The van der Waals surface area contributed by atoms with Gasteiger partial charge in [-0.05, 0) is 30.7 Å². The lowest BCUT2D eigenvalue weighted by molar-refractivity contribution is -0.146. The van der Waals surface area contributed by atoms with E-state index in [1.807, 2.05) is 0 Å². The molecule has 1 atom stereocenters. The van der Waals surface area contributed by atoms with E-state index in [0.29, 0.717) is 5.56 Å². The molecule has 0 bridgehead atoms. The van der Waals surface area contributed by atoms with Gasteiger partial charge in [-0.25, -0.2) is 4.79 Å². The van der Waals surface area contributed by atoms with Crippen molar-refractivity contribution in [2.75, 3.05) is 0 Å². The zero-order valence-corrected chi connectivity index (χ0v) is 10.4. The Morgan fingerprint density at radius 3 is 2.47 bits per heavy atom. The van der Waals surface area contributed by atoms with Crippen LogP contribution in [0.2, 0.25) is 0 Å². The van der Waals surface area contributed by atoms with Gasteiger partial charge in [0.25, 0.3) is 0 Å². The molecular formula is C13H15NO5. The summed E-state index contributed by atoms with van der Waals surface area (Å²) >= 11 is 0. The third-order valence-corrected chi connectivity index (χ3v) is 2.65. The van der Waals surface area contributed by atoms with Crippen molar-refractivity contribution in [3.63, 3.8) is 0 Å². The van der Waals surface area contributed by atoms with E-state index in [2.05, 4.69) is 11.9 Å². The number of nitrogens with one attached hydrogen (secondary N) is 1. The smallest absolute Gasteiger partial charge is 0.329 e. The normalized spacial score (nSPS) is 13.3. The summed E-state index contributed by atoms with van der Waals surface area (Å²) in [5.74, 6) is -2.46. The standard InChI is InChI=1S/C13H15NO5/c1-3-11(17)14-13(2,12(18)19)7-8-4-5-9(15)10(16)6-8/h3-6,15-16H,1,7H2,2H3,(H,14,17)(H,18,19). The fourth-order valence-electron chi connectivity index (χ4n) is 1.58. The van der Waals surface area contributed by atoms with E-state index in [0.717, 1.165) is 6.08 Å². The number of aliphatic carboxylic acids is 1. The molecule has 4 N–H and O–H groups in total. The highest BCUT2D eigenvalue weighted by Crippen LogP contribution is 2.26. The van der Waals surface area contributed by atoms with Gasteiger partial charge < -0.3 is 20.6 Å². The lowest BCUT2D eigenvalue weighted by Crippen LogP contribution is -2.53. The van der Waals surface area contributed by atoms with E-state index in [-0.39, 0.29) is 17.9 Å². The Morgan fingerprint density at radius 1 is 1.37 bits per heavy atom. The van der Waals surface area contributed by atoms with Gasteiger partial charge in [0.15, 0.2) is 11.5 Å². The monoisotopic (exact) mass is 265 g/mol. The number of carboxylic acids is 1. The molecule has 102 valence electrons. The third kappa shape index (κ3) is 3.48. The summed E-state index contributed by atoms with van der Waals surface area (Å²) in [5.41, 5.74) is -1.07. The number of phenols is 2. The topological polar surface area (TPSA) is 107 Å². The molecule has 6 heteroatoms. The van der Waals surface area contributed by atoms with Gasteiger partial charge in [0, 0.05) is 6.42 Å². The maximum absolute atomic E-state index is 11.3. The fourth-order valence-corrected chi connectivity index (χ4v) is 1.58. The molecule has 6 nitrogen and oxygen atoms in total. The summed E-state index contributed by atoms with van der Waals surface area (Å²) in [4.78, 5) is 22.5. The average Bonchev–Trinajstić information content (AvgIpc) is 2.33. The van der Waals surface area contributed by atoms with Crippen LogP contribution in [-0.2, 0) is 16.0 Å². The van der Waals surface area contributed by atoms with Crippen molar-refractivity contribution in [2.24, 2.45) is 0 Å². The number of carbonyl (C=O) groups excluding carboxylic acids is 1. The Kier molecular flexibility index (Phi) is 4.16. The number of carboxylic acid groups (broad SMARTS) is 1. The highest BCUT2D eigenvalue weighted by Gasteiger charge is 2.34. The van der Waals surface area contributed by atoms with Crippen molar-refractivity contribution in [3.05, 3.63) is 36.4 Å². The van der Waals surface area contributed by atoms with Crippen molar-refractivity contribution in [2.45, 2.75) is 18.9 Å². The van der Waals surface area contributed by atoms with Crippen LogP contribution in [0.4, 0.5) is 0 Å². The quantitative estimate of drug-likeness (QED) is 0.465. The molecule has 0 radical (unpaired) electrons. The van der Waals surface area contributed by atoms with E-state index in [1.54, 1.807) is 0 Å². The molecule has 0 heterocycles. The van der Waals surface area contributed by atoms with E-state index >= 15 is 0 Å². The van der Waals surface area contributed by atoms with Crippen LogP contribution in [0.5, 0.6) is 11.5 Å². The molecule has 0 spiro atoms. The van der Waals surface area contributed by atoms with Crippen LogP contribution in [0.1, 0.15) is 12.5 Å². The van der Waals surface area contributed by atoms with Gasteiger partial charge in [0.05, 0.1) is 0 Å². The Morgan fingerprint density at radius 2 is 2.00 bits per heavy atom. The lowest BCUT2D eigenvalue weighted by atomic mass is 9.92. The van der Waals surface area contributed by atoms with E-state index in [4.69, 9.17) is 0 Å². The van der Waals surface area contributed by atoms with Crippen molar-refractivity contribution >= 4 is 11.9 Å². The summed E-state index contributed by atoms with van der Waals surface area (Å²) in [5, 5.41) is 30.1. The van der Waals surface area contributed by atoms with Gasteiger partial charge in [-0.1, -0.05) is 12.6 Å². The molecule has 1 aromatic rings. The van der Waals surface area contributed by atoms with Crippen molar-refractivity contribution < 1.29 is 24.9 Å². The van der Waals surface area contributed by atoms with Crippen molar-refractivity contribution in [1.29, 1.82) is 0 Å². The number of carbonyl (C=O) groups is 2. The summed E-state index contributed by atoms with van der Waals surface area (Å²) in [7, 11) is 0. The fraction of sp³-hybridized carbons (Fsp3) is 0.231. The minimum absolute atomic E-state index is 0.0459. The zero-order valence-electron chi connectivity index (χ0n) is 10.4. The van der Waals surface area contributed by atoms with Crippen LogP contribution < -0.4 is 5.32 Å². The van der Waals surface area contributed by atoms with Crippen molar-refractivity contribution in [1.82, 2.24) is 5.32 Å². The number of hydrogen-bond donors (Lipinski definition) is 4. The van der Waals surface area contributed by atoms with Crippen LogP contribution in [0, 0.1) is 0 Å². The SMILES string of the molecule is C=CC(=O)NC(C)(Cc1ccc(O)c(O)c1)C(=O)O. The zero-order chi connectivity index (χ0) is 14.6. The van der Waals surface area contributed by atoms with Crippen LogP contribution in [0.15, 0.2) is 30.9 Å². The van der Waals surface area contributed by atoms with Gasteiger partial charge in [-0.2, -0.15) is 0 Å². The van der Waals surface area contributed by atoms with Gasteiger partial charge >= 0.3 is 5.97 Å². The number of amides is 1. The Labute approximate surface area is 110 Å². The highest BCUT2D eigenvalue weighted by atomic mass is 16.4. The summed E-state index contributed by atoms with van der Waals surface area (Å²) in [6.07, 6.45) is 0.936. The first-order chi connectivity index (χ1) is 8.78. The number of aromatic hydroxyl groups is 2. The molecule has 0 saturated heterocycles. The summed E-state index contributed by atoms with van der Waals surface area (Å²) in [6.45, 7) is 4.61. The van der Waals surface area contributed by atoms with E-state index in [9.17, 15) is 24.9 Å².